The molecule has 0 radical (unpaired) electrons. The van der Waals surface area contributed by atoms with E-state index >= 15 is 0 Å². The Morgan fingerprint density at radius 1 is 1.30 bits per heavy atom. The van der Waals surface area contributed by atoms with E-state index in [4.69, 9.17) is 14.2 Å². The molecular weight excluding hydrogens is 256 g/mol. The number of ether oxygens (including phenoxy) is 3. The Morgan fingerprint density at radius 2 is 1.95 bits per heavy atom. The standard InChI is InChI=1S/C16H22O4/c1-3-12(11-15-19-9-4-10-20-15)16(17)13-5-7-14(18-2)8-6-13/h5-8,12,15H,3-4,9-11H2,1-2H3. The van der Waals surface area contributed by atoms with Crippen molar-refractivity contribution < 1.29 is 19.0 Å². The number of carbonyl (C=O) groups is 1. The molecular formula is C16H22O4. The minimum atomic E-state index is -0.240. The van der Waals surface area contributed by atoms with Gasteiger partial charge in [-0.05, 0) is 37.1 Å². The Labute approximate surface area is 120 Å². The van der Waals surface area contributed by atoms with Crippen molar-refractivity contribution in [2.75, 3.05) is 20.3 Å². The van der Waals surface area contributed by atoms with Crippen LogP contribution < -0.4 is 4.74 Å². The Bertz CT molecular complexity index is 421. The molecule has 0 amide bonds. The number of Topliss-reactive ketones (excluding diaryl/α,β-unsaturated/α-hetero) is 1. The van der Waals surface area contributed by atoms with Crippen LogP contribution in [-0.4, -0.2) is 32.4 Å². The zero-order chi connectivity index (χ0) is 14.4. The van der Waals surface area contributed by atoms with E-state index in [0.717, 1.165) is 31.8 Å². The average Bonchev–Trinajstić information content (AvgIpc) is 2.53. The second-order valence-electron chi connectivity index (χ2n) is 4.96. The Morgan fingerprint density at radius 3 is 2.50 bits per heavy atom. The van der Waals surface area contributed by atoms with Gasteiger partial charge in [-0.2, -0.15) is 0 Å². The lowest BCUT2D eigenvalue weighted by Gasteiger charge is -2.26. The summed E-state index contributed by atoms with van der Waals surface area (Å²) in [7, 11) is 1.61. The van der Waals surface area contributed by atoms with E-state index in [1.54, 1.807) is 7.11 Å². The zero-order valence-electron chi connectivity index (χ0n) is 12.1. The summed E-state index contributed by atoms with van der Waals surface area (Å²) in [6.07, 6.45) is 2.10. The van der Waals surface area contributed by atoms with Gasteiger partial charge in [-0.1, -0.05) is 6.92 Å². The Balaban J connectivity index is 1.99. The van der Waals surface area contributed by atoms with E-state index in [2.05, 4.69) is 0 Å². The van der Waals surface area contributed by atoms with Crippen LogP contribution in [0.15, 0.2) is 24.3 Å². The molecule has 1 fully saturated rings. The summed E-state index contributed by atoms with van der Waals surface area (Å²) in [5.74, 6) is 0.841. The van der Waals surface area contributed by atoms with Gasteiger partial charge < -0.3 is 14.2 Å². The summed E-state index contributed by atoms with van der Waals surface area (Å²) in [4.78, 5) is 12.5. The molecule has 1 aromatic rings. The summed E-state index contributed by atoms with van der Waals surface area (Å²) in [5.41, 5.74) is 0.716. The highest BCUT2D eigenvalue weighted by Gasteiger charge is 2.25. The number of rotatable bonds is 6. The average molecular weight is 278 g/mol. The van der Waals surface area contributed by atoms with Gasteiger partial charge in [-0.3, -0.25) is 4.79 Å². The van der Waals surface area contributed by atoms with Crippen LogP contribution in [0.3, 0.4) is 0 Å². The quantitative estimate of drug-likeness (QED) is 0.750. The van der Waals surface area contributed by atoms with Crippen LogP contribution in [0.2, 0.25) is 0 Å². The maximum atomic E-state index is 12.5. The number of benzene rings is 1. The minimum absolute atomic E-state index is 0.0634. The van der Waals surface area contributed by atoms with E-state index in [9.17, 15) is 4.79 Å². The van der Waals surface area contributed by atoms with Crippen molar-refractivity contribution in [3.8, 4) is 5.75 Å². The highest BCUT2D eigenvalue weighted by molar-refractivity contribution is 5.97. The molecule has 1 atom stereocenters. The SMILES string of the molecule is CCC(CC1OCCCO1)C(=O)c1ccc(OC)cc1. The molecule has 110 valence electrons. The lowest BCUT2D eigenvalue weighted by Crippen LogP contribution is -2.29. The van der Waals surface area contributed by atoms with Crippen LogP contribution in [0.1, 0.15) is 36.5 Å². The van der Waals surface area contributed by atoms with Crippen LogP contribution >= 0.6 is 0 Å². The number of hydrogen-bond acceptors (Lipinski definition) is 4. The molecule has 1 aliphatic rings. The van der Waals surface area contributed by atoms with Gasteiger partial charge >= 0.3 is 0 Å². The first-order chi connectivity index (χ1) is 9.74. The summed E-state index contributed by atoms with van der Waals surface area (Å²) >= 11 is 0. The zero-order valence-corrected chi connectivity index (χ0v) is 12.1. The highest BCUT2D eigenvalue weighted by Crippen LogP contribution is 2.22. The van der Waals surface area contributed by atoms with Gasteiger partial charge in [0.1, 0.15) is 5.75 Å². The topological polar surface area (TPSA) is 44.8 Å². The number of hydrogen-bond donors (Lipinski definition) is 0. The van der Waals surface area contributed by atoms with Crippen LogP contribution in [0.25, 0.3) is 0 Å². The third-order valence-corrected chi connectivity index (χ3v) is 3.61. The van der Waals surface area contributed by atoms with Crippen LogP contribution in [-0.2, 0) is 9.47 Å². The monoisotopic (exact) mass is 278 g/mol. The predicted octanol–water partition coefficient (Wildman–Crippen LogP) is 3.06. The third kappa shape index (κ3) is 3.81. The molecule has 4 heteroatoms. The van der Waals surface area contributed by atoms with Crippen LogP contribution in [0.4, 0.5) is 0 Å². The molecule has 0 bridgehead atoms. The van der Waals surface area contributed by atoms with E-state index in [-0.39, 0.29) is 18.0 Å². The first kappa shape index (κ1) is 15.0. The normalized spacial score (nSPS) is 17.7. The maximum Gasteiger partial charge on any atom is 0.166 e. The molecule has 4 nitrogen and oxygen atoms in total. The van der Waals surface area contributed by atoms with Gasteiger partial charge in [0.15, 0.2) is 12.1 Å². The summed E-state index contributed by atoms with van der Waals surface area (Å²) in [5, 5.41) is 0. The summed E-state index contributed by atoms with van der Waals surface area (Å²) in [6, 6.07) is 7.25. The van der Waals surface area contributed by atoms with Gasteiger partial charge in [-0.15, -0.1) is 0 Å². The largest absolute Gasteiger partial charge is 0.497 e. The van der Waals surface area contributed by atoms with Crippen molar-refractivity contribution in [3.05, 3.63) is 29.8 Å². The van der Waals surface area contributed by atoms with Crippen molar-refractivity contribution in [1.29, 1.82) is 0 Å². The highest BCUT2D eigenvalue weighted by atomic mass is 16.7. The second-order valence-corrected chi connectivity index (χ2v) is 4.96. The lowest BCUT2D eigenvalue weighted by atomic mass is 9.92. The Hall–Kier alpha value is -1.39. The van der Waals surface area contributed by atoms with Crippen molar-refractivity contribution >= 4 is 5.78 Å². The molecule has 2 rings (SSSR count). The first-order valence-electron chi connectivity index (χ1n) is 7.16. The molecule has 0 spiro atoms. The Kier molecular flexibility index (Phi) is 5.56. The van der Waals surface area contributed by atoms with Crippen molar-refractivity contribution in [2.24, 2.45) is 5.92 Å². The van der Waals surface area contributed by atoms with Crippen LogP contribution in [0.5, 0.6) is 5.75 Å². The molecule has 0 N–H and O–H groups in total. The molecule has 1 aromatic carbocycles. The predicted molar refractivity (Wildman–Crippen MR) is 76.0 cm³/mol. The second kappa shape index (κ2) is 7.41. The number of carbonyl (C=O) groups excluding carboxylic acids is 1. The fraction of sp³-hybridized carbons (Fsp3) is 0.562. The fourth-order valence-corrected chi connectivity index (χ4v) is 2.36. The van der Waals surface area contributed by atoms with E-state index in [1.165, 1.54) is 0 Å². The van der Waals surface area contributed by atoms with E-state index in [0.29, 0.717) is 12.0 Å². The molecule has 1 unspecified atom stereocenters. The third-order valence-electron chi connectivity index (χ3n) is 3.61. The summed E-state index contributed by atoms with van der Waals surface area (Å²) in [6.45, 7) is 3.46. The molecule has 0 aromatic heterocycles. The fourth-order valence-electron chi connectivity index (χ4n) is 2.36. The van der Waals surface area contributed by atoms with Gasteiger partial charge in [0.2, 0.25) is 0 Å². The van der Waals surface area contributed by atoms with Crippen molar-refractivity contribution in [3.63, 3.8) is 0 Å². The number of methoxy groups -OCH3 is 1. The van der Waals surface area contributed by atoms with E-state index < -0.39 is 0 Å². The molecule has 1 heterocycles. The van der Waals surface area contributed by atoms with Crippen molar-refractivity contribution in [1.82, 2.24) is 0 Å². The van der Waals surface area contributed by atoms with Gasteiger partial charge in [0, 0.05) is 17.9 Å². The molecule has 1 saturated heterocycles. The molecule has 20 heavy (non-hydrogen) atoms. The van der Waals surface area contributed by atoms with Crippen LogP contribution in [0, 0.1) is 5.92 Å². The lowest BCUT2D eigenvalue weighted by molar-refractivity contribution is -0.184. The maximum absolute atomic E-state index is 12.5. The van der Waals surface area contributed by atoms with Gasteiger partial charge in [0.25, 0.3) is 0 Å². The van der Waals surface area contributed by atoms with E-state index in [1.807, 2.05) is 31.2 Å². The molecule has 1 aliphatic heterocycles. The minimum Gasteiger partial charge on any atom is -0.497 e. The number of ketones is 1. The molecule has 0 saturated carbocycles. The summed E-state index contributed by atoms with van der Waals surface area (Å²) < 4.78 is 16.2. The van der Waals surface area contributed by atoms with Gasteiger partial charge in [-0.25, -0.2) is 0 Å². The van der Waals surface area contributed by atoms with Crippen molar-refractivity contribution in [2.45, 2.75) is 32.5 Å². The molecule has 0 aliphatic carbocycles. The smallest absolute Gasteiger partial charge is 0.166 e. The van der Waals surface area contributed by atoms with Gasteiger partial charge in [0.05, 0.1) is 20.3 Å². The first-order valence-corrected chi connectivity index (χ1v) is 7.16.